The smallest absolute Gasteiger partial charge is 0.221 e. The highest BCUT2D eigenvalue weighted by atomic mass is 35.5. The number of pyridine rings is 1. The quantitative estimate of drug-likeness (QED) is 0.905. The van der Waals surface area contributed by atoms with Crippen molar-refractivity contribution in [1.82, 2.24) is 4.98 Å². The molecule has 88 valence electrons. The van der Waals surface area contributed by atoms with E-state index in [2.05, 4.69) is 4.98 Å². The van der Waals surface area contributed by atoms with Gasteiger partial charge in [0.1, 0.15) is 0 Å². The Balaban J connectivity index is 2.62. The first-order valence-corrected chi connectivity index (χ1v) is 5.62. The van der Waals surface area contributed by atoms with Crippen LogP contribution in [0.3, 0.4) is 0 Å². The second-order valence-electron chi connectivity index (χ2n) is 3.45. The van der Waals surface area contributed by atoms with Crippen molar-refractivity contribution in [2.24, 2.45) is 0 Å². The number of benzene rings is 1. The molecule has 0 aliphatic rings. The molecule has 0 amide bonds. The molecule has 0 spiro atoms. The summed E-state index contributed by atoms with van der Waals surface area (Å²) in [5.41, 5.74) is 7.79. The molecule has 0 bridgehead atoms. The second-order valence-corrected chi connectivity index (χ2v) is 4.29. The summed E-state index contributed by atoms with van der Waals surface area (Å²) >= 11 is 12.0. The first kappa shape index (κ1) is 12.0. The van der Waals surface area contributed by atoms with Crippen LogP contribution >= 0.6 is 23.2 Å². The van der Waals surface area contributed by atoms with Gasteiger partial charge in [-0.2, -0.15) is 0 Å². The van der Waals surface area contributed by atoms with E-state index in [1.807, 2.05) is 6.07 Å². The SMILES string of the molecule is COc1ncc(N)cc1-c1ccc(Cl)cc1Cl. The van der Waals surface area contributed by atoms with Crippen molar-refractivity contribution in [2.45, 2.75) is 0 Å². The summed E-state index contributed by atoms with van der Waals surface area (Å²) in [5, 5.41) is 1.11. The van der Waals surface area contributed by atoms with Crippen molar-refractivity contribution in [3.63, 3.8) is 0 Å². The van der Waals surface area contributed by atoms with E-state index in [1.54, 1.807) is 25.3 Å². The lowest BCUT2D eigenvalue weighted by Crippen LogP contribution is -1.95. The molecule has 1 heterocycles. The molecule has 1 aromatic carbocycles. The Bertz CT molecular complexity index is 558. The van der Waals surface area contributed by atoms with Crippen LogP contribution in [-0.2, 0) is 0 Å². The van der Waals surface area contributed by atoms with E-state index in [1.165, 1.54) is 6.20 Å². The predicted octanol–water partition coefficient (Wildman–Crippen LogP) is 3.65. The van der Waals surface area contributed by atoms with Crippen LogP contribution in [0.5, 0.6) is 5.88 Å². The lowest BCUT2D eigenvalue weighted by Gasteiger charge is -2.10. The van der Waals surface area contributed by atoms with Crippen molar-refractivity contribution in [2.75, 3.05) is 12.8 Å². The highest BCUT2D eigenvalue weighted by Gasteiger charge is 2.11. The van der Waals surface area contributed by atoms with Crippen LogP contribution in [0, 0.1) is 0 Å². The second kappa shape index (κ2) is 4.82. The van der Waals surface area contributed by atoms with E-state index in [9.17, 15) is 0 Å². The van der Waals surface area contributed by atoms with Crippen LogP contribution in [0.4, 0.5) is 5.69 Å². The third kappa shape index (κ3) is 2.46. The normalized spacial score (nSPS) is 10.3. The number of halogens is 2. The zero-order chi connectivity index (χ0) is 12.4. The first-order valence-electron chi connectivity index (χ1n) is 4.86. The summed E-state index contributed by atoms with van der Waals surface area (Å²) in [4.78, 5) is 4.10. The van der Waals surface area contributed by atoms with E-state index in [0.29, 0.717) is 21.6 Å². The van der Waals surface area contributed by atoms with Gasteiger partial charge in [-0.15, -0.1) is 0 Å². The molecule has 0 aliphatic carbocycles. The van der Waals surface area contributed by atoms with Gasteiger partial charge in [-0.05, 0) is 18.2 Å². The predicted molar refractivity (Wildman–Crippen MR) is 70.7 cm³/mol. The Kier molecular flexibility index (Phi) is 3.41. The van der Waals surface area contributed by atoms with Crippen molar-refractivity contribution >= 4 is 28.9 Å². The molecule has 0 radical (unpaired) electrons. The average Bonchev–Trinajstić information content (AvgIpc) is 2.29. The van der Waals surface area contributed by atoms with E-state index in [4.69, 9.17) is 33.7 Å². The fraction of sp³-hybridized carbons (Fsp3) is 0.0833. The highest BCUT2D eigenvalue weighted by molar-refractivity contribution is 6.36. The van der Waals surface area contributed by atoms with Gasteiger partial charge < -0.3 is 10.5 Å². The van der Waals surface area contributed by atoms with E-state index >= 15 is 0 Å². The monoisotopic (exact) mass is 268 g/mol. The van der Waals surface area contributed by atoms with Crippen LogP contribution in [-0.4, -0.2) is 12.1 Å². The molecule has 0 aliphatic heterocycles. The van der Waals surface area contributed by atoms with Gasteiger partial charge in [-0.3, -0.25) is 0 Å². The molecule has 2 N–H and O–H groups in total. The zero-order valence-corrected chi connectivity index (χ0v) is 10.6. The highest BCUT2D eigenvalue weighted by Crippen LogP contribution is 2.35. The Hall–Kier alpha value is -1.45. The maximum absolute atomic E-state index is 6.14. The lowest BCUT2D eigenvalue weighted by atomic mass is 10.1. The average molecular weight is 269 g/mol. The Morgan fingerprint density at radius 3 is 2.59 bits per heavy atom. The van der Waals surface area contributed by atoms with Crippen LogP contribution in [0.1, 0.15) is 0 Å². The summed E-state index contributed by atoms with van der Waals surface area (Å²) in [6, 6.07) is 7.00. The number of ether oxygens (including phenoxy) is 1. The van der Waals surface area contributed by atoms with Crippen molar-refractivity contribution in [3.8, 4) is 17.0 Å². The molecule has 5 heteroatoms. The molecule has 1 aromatic heterocycles. The van der Waals surface area contributed by atoms with Crippen LogP contribution in [0.2, 0.25) is 10.0 Å². The number of nitrogens with zero attached hydrogens (tertiary/aromatic N) is 1. The van der Waals surface area contributed by atoms with Gasteiger partial charge in [0.25, 0.3) is 0 Å². The topological polar surface area (TPSA) is 48.1 Å². The van der Waals surface area contributed by atoms with Gasteiger partial charge in [0.2, 0.25) is 5.88 Å². The zero-order valence-electron chi connectivity index (χ0n) is 9.08. The van der Waals surface area contributed by atoms with Gasteiger partial charge in [-0.1, -0.05) is 29.3 Å². The summed E-state index contributed by atoms with van der Waals surface area (Å²) in [6.07, 6.45) is 1.53. The van der Waals surface area contributed by atoms with Crippen LogP contribution in [0.15, 0.2) is 30.5 Å². The molecular formula is C12H10Cl2N2O. The van der Waals surface area contributed by atoms with Crippen molar-refractivity contribution < 1.29 is 4.74 Å². The number of hydrogen-bond acceptors (Lipinski definition) is 3. The van der Waals surface area contributed by atoms with E-state index in [-0.39, 0.29) is 0 Å². The number of nitrogens with two attached hydrogens (primary N) is 1. The number of methoxy groups -OCH3 is 1. The summed E-state index contributed by atoms with van der Waals surface area (Å²) in [7, 11) is 1.55. The number of anilines is 1. The molecule has 0 unspecified atom stereocenters. The molecule has 0 fully saturated rings. The Labute approximate surface area is 109 Å². The number of nitrogen functional groups attached to an aromatic ring is 1. The minimum absolute atomic E-state index is 0.475. The fourth-order valence-electron chi connectivity index (χ4n) is 1.53. The first-order chi connectivity index (χ1) is 8.11. The standard InChI is InChI=1S/C12H10Cl2N2O/c1-17-12-10(5-8(15)6-16-12)9-3-2-7(13)4-11(9)14/h2-6H,15H2,1H3. The fourth-order valence-corrected chi connectivity index (χ4v) is 2.04. The van der Waals surface area contributed by atoms with Crippen molar-refractivity contribution in [1.29, 1.82) is 0 Å². The molecule has 2 aromatic rings. The summed E-state index contributed by atoms with van der Waals surface area (Å²) in [6.45, 7) is 0. The lowest BCUT2D eigenvalue weighted by molar-refractivity contribution is 0.400. The van der Waals surface area contributed by atoms with E-state index < -0.39 is 0 Å². The maximum Gasteiger partial charge on any atom is 0.221 e. The third-order valence-corrected chi connectivity index (χ3v) is 2.83. The molecule has 2 rings (SSSR count). The molecule has 0 atom stereocenters. The molecule has 17 heavy (non-hydrogen) atoms. The summed E-state index contributed by atoms with van der Waals surface area (Å²) < 4.78 is 5.18. The Morgan fingerprint density at radius 2 is 1.94 bits per heavy atom. The van der Waals surface area contributed by atoms with Gasteiger partial charge in [-0.25, -0.2) is 4.98 Å². The van der Waals surface area contributed by atoms with Gasteiger partial charge in [0, 0.05) is 16.1 Å². The van der Waals surface area contributed by atoms with Gasteiger partial charge in [0.15, 0.2) is 0 Å². The van der Waals surface area contributed by atoms with Gasteiger partial charge in [0.05, 0.1) is 24.0 Å². The van der Waals surface area contributed by atoms with E-state index in [0.717, 1.165) is 11.1 Å². The van der Waals surface area contributed by atoms with Crippen molar-refractivity contribution in [3.05, 3.63) is 40.5 Å². The minimum atomic E-state index is 0.475. The summed E-state index contributed by atoms with van der Waals surface area (Å²) in [5.74, 6) is 0.475. The number of hydrogen-bond donors (Lipinski definition) is 1. The number of aromatic nitrogens is 1. The Morgan fingerprint density at radius 1 is 1.18 bits per heavy atom. The largest absolute Gasteiger partial charge is 0.481 e. The molecule has 0 saturated heterocycles. The third-order valence-electron chi connectivity index (χ3n) is 2.29. The molecular weight excluding hydrogens is 259 g/mol. The number of rotatable bonds is 2. The maximum atomic E-state index is 6.14. The molecule has 0 saturated carbocycles. The van der Waals surface area contributed by atoms with Gasteiger partial charge >= 0.3 is 0 Å². The minimum Gasteiger partial charge on any atom is -0.481 e. The van der Waals surface area contributed by atoms with Crippen LogP contribution in [0.25, 0.3) is 11.1 Å². The molecule has 3 nitrogen and oxygen atoms in total. The van der Waals surface area contributed by atoms with Crippen LogP contribution < -0.4 is 10.5 Å².